The van der Waals surface area contributed by atoms with Crippen molar-refractivity contribution in [1.82, 2.24) is 10.4 Å². The number of rotatable bonds is 10. The van der Waals surface area contributed by atoms with Crippen molar-refractivity contribution in [2.45, 2.75) is 71.4 Å². The molecule has 9 heteroatoms. The number of fused-ring (bicyclic) bond motifs is 2. The second kappa shape index (κ2) is 11.9. The fourth-order valence-electron chi connectivity index (χ4n) is 7.80. The van der Waals surface area contributed by atoms with Gasteiger partial charge >= 0.3 is 0 Å². The third-order valence-electron chi connectivity index (χ3n) is 10.3. The van der Waals surface area contributed by atoms with Crippen LogP contribution in [0.4, 0.5) is 0 Å². The van der Waals surface area contributed by atoms with E-state index in [-0.39, 0.29) is 30.5 Å². The summed E-state index contributed by atoms with van der Waals surface area (Å²) < 4.78 is 5.82. The maximum atomic E-state index is 14.0. The number of ether oxygens (including phenoxy) is 1. The quantitative estimate of drug-likeness (QED) is 0.365. The fraction of sp³-hybridized carbons (Fsp3) is 0.545. The molecule has 0 unspecified atom stereocenters. The highest BCUT2D eigenvalue weighted by Crippen LogP contribution is 2.61. The van der Waals surface area contributed by atoms with E-state index in [1.54, 1.807) is 24.1 Å². The van der Waals surface area contributed by atoms with E-state index in [9.17, 15) is 24.6 Å². The monoisotopic (exact) mass is 578 g/mol. The maximum absolute atomic E-state index is 14.0. The first-order chi connectivity index (χ1) is 20.0. The molecule has 1 amide bonds. The van der Waals surface area contributed by atoms with Crippen molar-refractivity contribution in [3.63, 3.8) is 0 Å². The summed E-state index contributed by atoms with van der Waals surface area (Å²) in [6, 6.07) is 9.61. The molecule has 1 saturated heterocycles. The first-order valence-electron chi connectivity index (χ1n) is 14.8. The first kappa shape index (κ1) is 30.4. The molecular weight excluding hydrogens is 536 g/mol. The lowest BCUT2D eigenvalue weighted by atomic mass is 9.45. The molecule has 9 nitrogen and oxygen atoms in total. The normalized spacial score (nSPS) is 30.7. The van der Waals surface area contributed by atoms with Crippen LogP contribution in [0, 0.1) is 29.1 Å². The first-order valence-corrected chi connectivity index (χ1v) is 14.8. The number of hydroxylamine groups is 2. The molecule has 0 spiro atoms. The molecule has 0 radical (unpaired) electrons. The Morgan fingerprint density at radius 1 is 1.19 bits per heavy atom. The van der Waals surface area contributed by atoms with Crippen molar-refractivity contribution in [2.24, 2.45) is 29.1 Å². The van der Waals surface area contributed by atoms with Gasteiger partial charge in [-0.05, 0) is 66.7 Å². The lowest BCUT2D eigenvalue weighted by Crippen LogP contribution is -2.62. The Balaban J connectivity index is 1.45. The van der Waals surface area contributed by atoms with Gasteiger partial charge in [-0.1, -0.05) is 39.0 Å². The number of nitrogens with one attached hydrogen (secondary N) is 1. The van der Waals surface area contributed by atoms with Gasteiger partial charge < -0.3 is 20.3 Å². The second-order valence-corrected chi connectivity index (χ2v) is 12.9. The number of amides is 1. The van der Waals surface area contributed by atoms with E-state index in [4.69, 9.17) is 9.57 Å². The van der Waals surface area contributed by atoms with Gasteiger partial charge in [0.15, 0.2) is 0 Å². The molecule has 6 rings (SSSR count). The number of benzene rings is 2. The topological polar surface area (TPSA) is 125 Å². The van der Waals surface area contributed by atoms with Gasteiger partial charge in [0, 0.05) is 34.2 Å². The van der Waals surface area contributed by atoms with Crippen LogP contribution in [0.25, 0.3) is 11.1 Å². The predicted molar refractivity (Wildman–Crippen MR) is 157 cm³/mol. The molecule has 1 heterocycles. The SMILES string of the molecule is COc1c(CN2O[C@@H](CO)[C@H]([C@H](C)O)[C@H]2C(=O)N[C@H]2C[C@H]3C[C@@H]([C@@H]2C)C3(C)C)cccc1-c1cc(C=O)cc(C=O)c1. The van der Waals surface area contributed by atoms with E-state index in [2.05, 4.69) is 26.1 Å². The van der Waals surface area contributed by atoms with Crippen molar-refractivity contribution >= 4 is 18.5 Å². The lowest BCUT2D eigenvalue weighted by Gasteiger charge is -2.62. The summed E-state index contributed by atoms with van der Waals surface area (Å²) in [5.74, 6) is 1.09. The van der Waals surface area contributed by atoms with Crippen LogP contribution in [0.1, 0.15) is 66.8 Å². The summed E-state index contributed by atoms with van der Waals surface area (Å²) in [5, 5.41) is 25.7. The Hall–Kier alpha value is -3.11. The van der Waals surface area contributed by atoms with Crippen LogP contribution in [0.15, 0.2) is 36.4 Å². The van der Waals surface area contributed by atoms with Crippen molar-refractivity contribution in [1.29, 1.82) is 0 Å². The molecule has 4 aliphatic rings. The third kappa shape index (κ3) is 5.28. The van der Waals surface area contributed by atoms with Crippen molar-refractivity contribution in [3.05, 3.63) is 53.1 Å². The number of nitrogens with zero attached hydrogens (tertiary/aromatic N) is 1. The average Bonchev–Trinajstić information content (AvgIpc) is 3.36. The Morgan fingerprint density at radius 2 is 1.88 bits per heavy atom. The zero-order chi connectivity index (χ0) is 30.3. The van der Waals surface area contributed by atoms with Gasteiger partial charge in [0.05, 0.1) is 26.4 Å². The molecule has 1 aliphatic heterocycles. The zero-order valence-electron chi connectivity index (χ0n) is 24.9. The number of hydrogen-bond donors (Lipinski definition) is 3. The predicted octanol–water partition coefficient (Wildman–Crippen LogP) is 3.65. The van der Waals surface area contributed by atoms with E-state index in [1.807, 2.05) is 18.2 Å². The number of aldehydes is 2. The van der Waals surface area contributed by atoms with E-state index < -0.39 is 24.2 Å². The summed E-state index contributed by atoms with van der Waals surface area (Å²) >= 11 is 0. The number of aliphatic hydroxyl groups excluding tert-OH is 2. The molecule has 4 fully saturated rings. The lowest BCUT2D eigenvalue weighted by molar-refractivity contribution is -0.183. The number of carbonyl (C=O) groups excluding carboxylic acids is 3. The summed E-state index contributed by atoms with van der Waals surface area (Å²) in [5.41, 5.74) is 3.03. The molecule has 2 aromatic rings. The maximum Gasteiger partial charge on any atom is 0.240 e. The average molecular weight is 579 g/mol. The Morgan fingerprint density at radius 3 is 2.43 bits per heavy atom. The molecule has 8 atom stereocenters. The standard InChI is InChI=1S/C33H42N2O7/c1-18-26-12-24(33(26,3)4)13-27(18)34-32(40)30-29(19(2)39)28(17-38)42-35(30)14-22-7-6-8-25(31(22)41-5)23-10-20(15-36)9-21(11-23)16-37/h6-11,15-16,18-19,24,26-30,38-39H,12-14,17H2,1-5H3,(H,34,40)/t18-,19-,24+,26-,27-,28-,29-,30-/m0/s1. The summed E-state index contributed by atoms with van der Waals surface area (Å²) in [7, 11) is 1.54. The van der Waals surface area contributed by atoms with Crippen LogP contribution >= 0.6 is 0 Å². The van der Waals surface area contributed by atoms with E-state index in [0.29, 0.717) is 63.9 Å². The van der Waals surface area contributed by atoms with Gasteiger partial charge in [-0.15, -0.1) is 0 Å². The summed E-state index contributed by atoms with van der Waals surface area (Å²) in [4.78, 5) is 43.2. The summed E-state index contributed by atoms with van der Waals surface area (Å²) in [6.07, 6.45) is 1.84. The highest BCUT2D eigenvalue weighted by Gasteiger charge is 2.57. The van der Waals surface area contributed by atoms with Gasteiger partial charge in [-0.3, -0.25) is 19.2 Å². The van der Waals surface area contributed by atoms with E-state index in [1.165, 1.54) is 19.6 Å². The van der Waals surface area contributed by atoms with Gasteiger partial charge in [-0.2, -0.15) is 5.06 Å². The zero-order valence-corrected chi connectivity index (χ0v) is 24.9. The summed E-state index contributed by atoms with van der Waals surface area (Å²) in [6.45, 7) is 8.26. The number of hydrogen-bond acceptors (Lipinski definition) is 8. The van der Waals surface area contributed by atoms with E-state index in [0.717, 1.165) is 6.42 Å². The molecule has 226 valence electrons. The van der Waals surface area contributed by atoms with Crippen LogP contribution in [-0.2, 0) is 16.2 Å². The minimum Gasteiger partial charge on any atom is -0.496 e. The third-order valence-corrected chi connectivity index (χ3v) is 10.3. The molecule has 3 N–H and O–H groups in total. The van der Waals surface area contributed by atoms with Crippen LogP contribution < -0.4 is 10.1 Å². The van der Waals surface area contributed by atoms with Crippen molar-refractivity contribution in [3.8, 4) is 16.9 Å². The van der Waals surface area contributed by atoms with Crippen LogP contribution in [0.2, 0.25) is 0 Å². The van der Waals surface area contributed by atoms with Crippen molar-refractivity contribution in [2.75, 3.05) is 13.7 Å². The van der Waals surface area contributed by atoms with E-state index >= 15 is 0 Å². The molecule has 2 aromatic carbocycles. The van der Waals surface area contributed by atoms with Crippen LogP contribution in [0.3, 0.4) is 0 Å². The number of carbonyl (C=O) groups is 3. The second-order valence-electron chi connectivity index (χ2n) is 12.9. The number of aliphatic hydroxyl groups is 2. The molecular formula is C33H42N2O7. The smallest absolute Gasteiger partial charge is 0.240 e. The molecule has 3 saturated carbocycles. The van der Waals surface area contributed by atoms with Gasteiger partial charge in [0.2, 0.25) is 5.91 Å². The number of methoxy groups -OCH3 is 1. The Labute approximate surface area is 247 Å². The number of para-hydroxylation sites is 1. The highest BCUT2D eigenvalue weighted by molar-refractivity contribution is 5.87. The molecule has 42 heavy (non-hydrogen) atoms. The molecule has 0 aromatic heterocycles. The fourth-order valence-corrected chi connectivity index (χ4v) is 7.80. The van der Waals surface area contributed by atoms with Crippen LogP contribution in [0.5, 0.6) is 5.75 Å². The highest BCUT2D eigenvalue weighted by atomic mass is 16.7. The Kier molecular flexibility index (Phi) is 8.58. The van der Waals surface area contributed by atoms with Gasteiger partial charge in [0.25, 0.3) is 0 Å². The van der Waals surface area contributed by atoms with Crippen molar-refractivity contribution < 1.29 is 34.2 Å². The minimum atomic E-state index is -0.903. The molecule has 2 bridgehead atoms. The van der Waals surface area contributed by atoms with Gasteiger partial charge in [0.1, 0.15) is 30.5 Å². The van der Waals surface area contributed by atoms with Gasteiger partial charge in [-0.25, -0.2) is 0 Å². The largest absolute Gasteiger partial charge is 0.496 e. The molecule has 3 aliphatic carbocycles. The van der Waals surface area contributed by atoms with Crippen LogP contribution in [-0.4, -0.2) is 71.8 Å². The minimum absolute atomic E-state index is 0.0360. The Bertz CT molecular complexity index is 1320.